The fraction of sp³-hybridized carbons (Fsp3) is 0.133. The minimum atomic E-state index is -3.51. The highest BCUT2D eigenvalue weighted by atomic mass is 79.9. The van der Waals surface area contributed by atoms with Crippen LogP contribution in [-0.4, -0.2) is 19.5 Å². The second kappa shape index (κ2) is 5.99. The van der Waals surface area contributed by atoms with Crippen molar-refractivity contribution >= 4 is 31.7 Å². The van der Waals surface area contributed by atoms with Crippen LogP contribution < -0.4 is 0 Å². The maximum atomic E-state index is 12.4. The number of sulfone groups is 1. The van der Waals surface area contributed by atoms with Crippen molar-refractivity contribution in [3.8, 4) is 0 Å². The predicted octanol–water partition coefficient (Wildman–Crippen LogP) is 3.43. The zero-order valence-corrected chi connectivity index (χ0v) is 13.6. The summed E-state index contributed by atoms with van der Waals surface area (Å²) in [7, 11) is -3.51. The van der Waals surface area contributed by atoms with Crippen molar-refractivity contribution in [1.82, 2.24) is 0 Å². The molecule has 2 rings (SSSR count). The Bertz CT molecular complexity index is 780. The molecule has 0 unspecified atom stereocenters. The van der Waals surface area contributed by atoms with Crippen LogP contribution in [0.25, 0.3) is 0 Å². The van der Waals surface area contributed by atoms with Gasteiger partial charge in [-0.3, -0.25) is 0 Å². The van der Waals surface area contributed by atoms with Gasteiger partial charge in [0, 0.05) is 4.47 Å². The Morgan fingerprint density at radius 3 is 2.33 bits per heavy atom. The number of carboxylic acids is 1. The van der Waals surface area contributed by atoms with E-state index in [1.165, 1.54) is 18.2 Å². The van der Waals surface area contributed by atoms with Crippen LogP contribution in [0.3, 0.4) is 0 Å². The largest absolute Gasteiger partial charge is 0.478 e. The van der Waals surface area contributed by atoms with Gasteiger partial charge in [-0.15, -0.1) is 0 Å². The fourth-order valence-electron chi connectivity index (χ4n) is 2.00. The van der Waals surface area contributed by atoms with Crippen molar-refractivity contribution in [3.05, 3.63) is 63.6 Å². The maximum absolute atomic E-state index is 12.4. The average Bonchev–Trinajstić information content (AvgIpc) is 2.41. The van der Waals surface area contributed by atoms with Crippen LogP contribution in [0.5, 0.6) is 0 Å². The van der Waals surface area contributed by atoms with Crippen LogP contribution in [0.1, 0.15) is 21.5 Å². The highest BCUT2D eigenvalue weighted by molar-refractivity contribution is 9.10. The lowest BCUT2D eigenvalue weighted by Crippen LogP contribution is -2.09. The lowest BCUT2D eigenvalue weighted by molar-refractivity contribution is 0.0696. The van der Waals surface area contributed by atoms with Gasteiger partial charge in [0.1, 0.15) is 0 Å². The molecule has 0 atom stereocenters. The summed E-state index contributed by atoms with van der Waals surface area (Å²) in [4.78, 5) is 11.3. The summed E-state index contributed by atoms with van der Waals surface area (Å²) in [5.74, 6) is -1.28. The highest BCUT2D eigenvalue weighted by Gasteiger charge is 2.18. The van der Waals surface area contributed by atoms with Gasteiger partial charge in [-0.05, 0) is 48.4 Å². The van der Waals surface area contributed by atoms with E-state index in [2.05, 4.69) is 15.9 Å². The third-order valence-electron chi connectivity index (χ3n) is 3.19. The molecule has 2 aromatic rings. The van der Waals surface area contributed by atoms with Crippen LogP contribution in [0.15, 0.2) is 51.8 Å². The molecule has 110 valence electrons. The quantitative estimate of drug-likeness (QED) is 0.896. The zero-order chi connectivity index (χ0) is 15.6. The van der Waals surface area contributed by atoms with E-state index in [0.717, 1.165) is 4.47 Å². The van der Waals surface area contributed by atoms with E-state index in [9.17, 15) is 13.2 Å². The van der Waals surface area contributed by atoms with Crippen molar-refractivity contribution < 1.29 is 18.3 Å². The minimum absolute atomic E-state index is 0.124. The number of hydrogen-bond acceptors (Lipinski definition) is 3. The molecule has 0 amide bonds. The zero-order valence-electron chi connectivity index (χ0n) is 11.2. The molecule has 0 aliphatic heterocycles. The van der Waals surface area contributed by atoms with Gasteiger partial charge in [-0.25, -0.2) is 13.2 Å². The van der Waals surface area contributed by atoms with Crippen molar-refractivity contribution in [3.63, 3.8) is 0 Å². The normalized spacial score (nSPS) is 11.3. The van der Waals surface area contributed by atoms with E-state index in [1.54, 1.807) is 31.2 Å². The number of benzene rings is 2. The second-order valence-electron chi connectivity index (χ2n) is 4.61. The van der Waals surface area contributed by atoms with Crippen LogP contribution in [0.4, 0.5) is 0 Å². The molecule has 1 N–H and O–H groups in total. The van der Waals surface area contributed by atoms with Crippen LogP contribution in [-0.2, 0) is 15.6 Å². The van der Waals surface area contributed by atoms with E-state index >= 15 is 0 Å². The molecule has 0 bridgehead atoms. The Labute approximate surface area is 131 Å². The molecule has 0 heterocycles. The Kier molecular flexibility index (Phi) is 4.49. The van der Waals surface area contributed by atoms with E-state index in [0.29, 0.717) is 11.1 Å². The summed E-state index contributed by atoms with van der Waals surface area (Å²) in [6, 6.07) is 11.0. The van der Waals surface area contributed by atoms with Crippen molar-refractivity contribution in [2.45, 2.75) is 17.6 Å². The first-order chi connectivity index (χ1) is 9.81. The lowest BCUT2D eigenvalue weighted by Gasteiger charge is -2.09. The number of carboxylic acid groups (broad SMARTS) is 1. The monoisotopic (exact) mass is 368 g/mol. The number of hydrogen-bond donors (Lipinski definition) is 1. The molecule has 0 spiro atoms. The van der Waals surface area contributed by atoms with E-state index in [4.69, 9.17) is 5.11 Å². The van der Waals surface area contributed by atoms with E-state index < -0.39 is 15.8 Å². The van der Waals surface area contributed by atoms with Crippen LogP contribution in [0, 0.1) is 6.92 Å². The number of aromatic carboxylic acids is 1. The highest BCUT2D eigenvalue weighted by Crippen LogP contribution is 2.22. The molecule has 6 heteroatoms. The molecule has 0 aromatic heterocycles. The van der Waals surface area contributed by atoms with E-state index in [1.807, 2.05) is 0 Å². The SMILES string of the molecule is Cc1c(CS(=O)(=O)c2ccc(Br)cc2)cccc1C(=O)O. The van der Waals surface area contributed by atoms with E-state index in [-0.39, 0.29) is 16.2 Å². The maximum Gasteiger partial charge on any atom is 0.335 e. The topological polar surface area (TPSA) is 71.4 Å². The summed E-state index contributed by atoms with van der Waals surface area (Å²) in [6.07, 6.45) is 0. The molecule has 4 nitrogen and oxygen atoms in total. The number of carbonyl (C=O) groups is 1. The van der Waals surface area contributed by atoms with Crippen molar-refractivity contribution in [2.75, 3.05) is 0 Å². The summed E-state index contributed by atoms with van der Waals surface area (Å²) < 4.78 is 25.6. The second-order valence-corrected chi connectivity index (χ2v) is 7.51. The predicted molar refractivity (Wildman–Crippen MR) is 83.2 cm³/mol. The van der Waals surface area contributed by atoms with Gasteiger partial charge < -0.3 is 5.11 Å². The van der Waals surface area contributed by atoms with Crippen molar-refractivity contribution in [1.29, 1.82) is 0 Å². The van der Waals surface area contributed by atoms with Gasteiger partial charge in [0.2, 0.25) is 0 Å². The summed E-state index contributed by atoms with van der Waals surface area (Å²) in [5, 5.41) is 9.08. The standard InChI is InChI=1S/C15H13BrO4S/c1-10-11(3-2-4-14(10)15(17)18)9-21(19,20)13-7-5-12(16)6-8-13/h2-8H,9H2,1H3,(H,17,18). The number of rotatable bonds is 4. The number of halogens is 1. The fourth-order valence-corrected chi connectivity index (χ4v) is 3.71. The molecule has 0 aliphatic carbocycles. The summed E-state index contributed by atoms with van der Waals surface area (Å²) >= 11 is 3.26. The lowest BCUT2D eigenvalue weighted by atomic mass is 10.0. The molecule has 0 radical (unpaired) electrons. The minimum Gasteiger partial charge on any atom is -0.478 e. The molecular weight excluding hydrogens is 356 g/mol. The third-order valence-corrected chi connectivity index (χ3v) is 5.40. The van der Waals surface area contributed by atoms with Crippen LogP contribution >= 0.6 is 15.9 Å². The first-order valence-electron chi connectivity index (χ1n) is 6.11. The summed E-state index contributed by atoms with van der Waals surface area (Å²) in [6.45, 7) is 1.62. The molecule has 2 aromatic carbocycles. The van der Waals surface area contributed by atoms with Gasteiger partial charge in [0.15, 0.2) is 9.84 Å². The first kappa shape index (κ1) is 15.7. The molecule has 0 fully saturated rings. The smallest absolute Gasteiger partial charge is 0.335 e. The van der Waals surface area contributed by atoms with Gasteiger partial charge in [-0.1, -0.05) is 28.1 Å². The molecule has 21 heavy (non-hydrogen) atoms. The van der Waals surface area contributed by atoms with Gasteiger partial charge >= 0.3 is 5.97 Å². The molecule has 0 saturated heterocycles. The first-order valence-corrected chi connectivity index (χ1v) is 8.56. The van der Waals surface area contributed by atoms with Crippen LogP contribution in [0.2, 0.25) is 0 Å². The Morgan fingerprint density at radius 1 is 1.14 bits per heavy atom. The third kappa shape index (κ3) is 3.51. The summed E-state index contributed by atoms with van der Waals surface area (Å²) in [5.41, 5.74) is 1.10. The molecule has 0 saturated carbocycles. The Balaban J connectivity index is 2.39. The molecule has 0 aliphatic rings. The van der Waals surface area contributed by atoms with Gasteiger partial charge in [0.25, 0.3) is 0 Å². The van der Waals surface area contributed by atoms with Gasteiger partial charge in [-0.2, -0.15) is 0 Å². The average molecular weight is 369 g/mol. The Hall–Kier alpha value is -1.66. The van der Waals surface area contributed by atoms with Gasteiger partial charge in [0.05, 0.1) is 16.2 Å². The Morgan fingerprint density at radius 2 is 1.76 bits per heavy atom. The molecular formula is C15H13BrO4S. The van der Waals surface area contributed by atoms with Crippen molar-refractivity contribution in [2.24, 2.45) is 0 Å².